The number of nitrogens with one attached hydrogen (secondary N) is 1. The van der Waals surface area contributed by atoms with Crippen molar-refractivity contribution in [3.8, 4) is 11.5 Å². The maximum atomic E-state index is 13.5. The molecule has 0 saturated heterocycles. The minimum Gasteiger partial charge on any atom is -0.412 e. The first-order valence-corrected chi connectivity index (χ1v) is 11.8. The molecule has 1 aromatic carbocycles. The molecule has 172 valence electrons. The number of benzene rings is 1. The molecule has 1 amide bonds. The Hall–Kier alpha value is -3.41. The predicted octanol–water partition coefficient (Wildman–Crippen LogP) is 2.48. The van der Waals surface area contributed by atoms with Crippen molar-refractivity contribution >= 4 is 41.7 Å². The Balaban J connectivity index is 1.43. The lowest BCUT2D eigenvalue weighted by Gasteiger charge is -2.33. The molecule has 0 radical (unpaired) electrons. The first-order chi connectivity index (χ1) is 16.5. The zero-order chi connectivity index (χ0) is 23.7. The van der Waals surface area contributed by atoms with E-state index in [1.807, 2.05) is 48.7 Å². The van der Waals surface area contributed by atoms with Gasteiger partial charge in [-0.3, -0.25) is 4.79 Å². The highest BCUT2D eigenvalue weighted by Gasteiger charge is 2.35. The molecule has 2 aliphatic heterocycles. The van der Waals surface area contributed by atoms with Crippen molar-refractivity contribution < 1.29 is 9.21 Å². The molecular formula is C23H23N7O2P2. The lowest BCUT2D eigenvalue weighted by atomic mass is 9.99. The third kappa shape index (κ3) is 4.25. The fraction of sp³-hybridized carbons (Fsp3) is 0.174. The summed E-state index contributed by atoms with van der Waals surface area (Å²) in [4.78, 5) is 22.9. The number of rotatable bonds is 5. The monoisotopic (exact) mass is 491 g/mol. The highest BCUT2D eigenvalue weighted by molar-refractivity contribution is 7.29. The molecule has 1 N–H and O–H groups in total. The maximum absolute atomic E-state index is 13.5. The zero-order valence-corrected chi connectivity index (χ0v) is 20.6. The minimum absolute atomic E-state index is 0.0409. The van der Waals surface area contributed by atoms with E-state index in [9.17, 15) is 4.79 Å². The van der Waals surface area contributed by atoms with Crippen molar-refractivity contribution in [2.24, 2.45) is 5.10 Å². The summed E-state index contributed by atoms with van der Waals surface area (Å²) in [6.07, 6.45) is 12.5. The van der Waals surface area contributed by atoms with Gasteiger partial charge in [0.1, 0.15) is 0 Å². The summed E-state index contributed by atoms with van der Waals surface area (Å²) in [6, 6.07) is 5.51. The fourth-order valence-electron chi connectivity index (χ4n) is 4.12. The Bertz CT molecular complexity index is 1340. The lowest BCUT2D eigenvalue weighted by molar-refractivity contribution is 0.0616. The molecule has 5 rings (SSSR count). The number of aromatic nitrogens is 4. The quantitative estimate of drug-likeness (QED) is 0.435. The largest absolute Gasteiger partial charge is 0.412 e. The summed E-state index contributed by atoms with van der Waals surface area (Å²) in [5, 5.41) is 15.8. The molecular weight excluding hydrogens is 468 g/mol. The van der Waals surface area contributed by atoms with Gasteiger partial charge in [-0.25, -0.2) is 9.99 Å². The van der Waals surface area contributed by atoms with E-state index in [2.05, 4.69) is 50.5 Å². The van der Waals surface area contributed by atoms with E-state index in [1.54, 1.807) is 16.2 Å². The Morgan fingerprint density at radius 2 is 2.21 bits per heavy atom. The third-order valence-electron chi connectivity index (χ3n) is 5.79. The molecule has 0 fully saturated rings. The van der Waals surface area contributed by atoms with Crippen LogP contribution < -0.4 is 10.6 Å². The van der Waals surface area contributed by atoms with Gasteiger partial charge in [-0.1, -0.05) is 18.2 Å². The van der Waals surface area contributed by atoms with Crippen LogP contribution in [0.4, 0.5) is 0 Å². The van der Waals surface area contributed by atoms with Gasteiger partial charge in [-0.2, -0.15) is 5.10 Å². The van der Waals surface area contributed by atoms with Crippen LogP contribution in [0.3, 0.4) is 0 Å². The predicted molar refractivity (Wildman–Crippen MR) is 137 cm³/mol. The first kappa shape index (κ1) is 22.4. The van der Waals surface area contributed by atoms with Crippen molar-refractivity contribution in [2.75, 3.05) is 6.54 Å². The van der Waals surface area contributed by atoms with Gasteiger partial charge in [0, 0.05) is 37.1 Å². The molecule has 2 unspecified atom stereocenters. The number of fused-ring (bicyclic) bond motifs is 1. The molecule has 4 heterocycles. The second-order valence-corrected chi connectivity index (χ2v) is 9.13. The Morgan fingerprint density at radius 1 is 1.32 bits per heavy atom. The van der Waals surface area contributed by atoms with E-state index in [1.165, 1.54) is 0 Å². The number of hydrogen-bond acceptors (Lipinski definition) is 7. The van der Waals surface area contributed by atoms with Crippen LogP contribution in [0.5, 0.6) is 0 Å². The molecule has 3 atom stereocenters. The number of carbonyl (C=O) groups is 1. The molecule has 2 aromatic heterocycles. The van der Waals surface area contributed by atoms with Crippen LogP contribution >= 0.6 is 18.5 Å². The molecule has 2 aliphatic rings. The van der Waals surface area contributed by atoms with Crippen LogP contribution in [-0.4, -0.2) is 49.2 Å². The van der Waals surface area contributed by atoms with E-state index in [0.717, 1.165) is 33.3 Å². The van der Waals surface area contributed by atoms with Crippen molar-refractivity contribution in [3.63, 3.8) is 0 Å². The van der Waals surface area contributed by atoms with E-state index in [-0.39, 0.29) is 17.8 Å². The first-order valence-electron chi connectivity index (χ1n) is 10.7. The van der Waals surface area contributed by atoms with Crippen LogP contribution in [0.15, 0.2) is 70.2 Å². The average molecular weight is 491 g/mol. The van der Waals surface area contributed by atoms with Gasteiger partial charge in [-0.05, 0) is 41.3 Å². The highest BCUT2D eigenvalue weighted by Crippen LogP contribution is 2.33. The van der Waals surface area contributed by atoms with E-state index < -0.39 is 0 Å². The van der Waals surface area contributed by atoms with Gasteiger partial charge in [0.05, 0.1) is 23.8 Å². The Labute approximate surface area is 201 Å². The number of aromatic amines is 1. The average Bonchev–Trinajstić information content (AvgIpc) is 3.52. The molecule has 9 nitrogen and oxygen atoms in total. The number of hydrazone groups is 1. The summed E-state index contributed by atoms with van der Waals surface area (Å²) in [6.45, 7) is 4.13. The third-order valence-corrected chi connectivity index (χ3v) is 6.63. The smallest absolute Gasteiger partial charge is 0.312 e. The van der Waals surface area contributed by atoms with E-state index in [4.69, 9.17) is 4.42 Å². The number of H-pyrrole nitrogens is 1. The summed E-state index contributed by atoms with van der Waals surface area (Å²) >= 11 is 0. The molecule has 3 aromatic rings. The Kier molecular flexibility index (Phi) is 6.22. The summed E-state index contributed by atoms with van der Waals surface area (Å²) < 4.78 is 5.82. The number of carbonyl (C=O) groups excluding carboxylic acids is 1. The van der Waals surface area contributed by atoms with Crippen molar-refractivity contribution in [3.05, 3.63) is 78.0 Å². The van der Waals surface area contributed by atoms with Crippen molar-refractivity contribution in [1.82, 2.24) is 30.1 Å². The van der Waals surface area contributed by atoms with E-state index >= 15 is 0 Å². The summed E-state index contributed by atoms with van der Waals surface area (Å²) in [5.74, 6) is -0.0521. The van der Waals surface area contributed by atoms with Gasteiger partial charge in [0.15, 0.2) is 0 Å². The van der Waals surface area contributed by atoms with Gasteiger partial charge in [0.2, 0.25) is 5.89 Å². The maximum Gasteiger partial charge on any atom is 0.312 e. The molecule has 0 aliphatic carbocycles. The molecule has 11 heteroatoms. The van der Waals surface area contributed by atoms with Crippen molar-refractivity contribution in [2.45, 2.75) is 18.9 Å². The van der Waals surface area contributed by atoms with Crippen molar-refractivity contribution in [1.29, 1.82) is 0 Å². The standard InChI is InChI=1S/C23H23N7O2P2/c1-24-30-10-3-2-4-14(30)5-8-18-20-17(25-13-26-20)9-11-29(18)23(31)22-28-27-21(32-22)16-7-6-15(33)12-19(16)34/h2-7,10,12-13,18H,1,8-9,11,33-34H2,(H,25,26)/b14-5-/t18-/m0/s1. The molecule has 0 bridgehead atoms. The van der Waals surface area contributed by atoms with Crippen LogP contribution in [0.25, 0.3) is 11.5 Å². The number of amides is 1. The van der Waals surface area contributed by atoms with Gasteiger partial charge < -0.3 is 14.3 Å². The lowest BCUT2D eigenvalue weighted by Crippen LogP contribution is -2.40. The number of imidazole rings is 1. The van der Waals surface area contributed by atoms with E-state index in [0.29, 0.717) is 25.3 Å². The van der Waals surface area contributed by atoms with Gasteiger partial charge in [0.25, 0.3) is 0 Å². The number of hydrogen-bond donors (Lipinski definition) is 1. The fourth-order valence-corrected chi connectivity index (χ4v) is 5.00. The minimum atomic E-state index is -0.318. The van der Waals surface area contributed by atoms with Gasteiger partial charge >= 0.3 is 11.8 Å². The normalized spacial score (nSPS) is 18.4. The molecule has 34 heavy (non-hydrogen) atoms. The molecule has 0 saturated carbocycles. The topological polar surface area (TPSA) is 104 Å². The highest BCUT2D eigenvalue weighted by atomic mass is 31.0. The Morgan fingerprint density at radius 3 is 3.03 bits per heavy atom. The summed E-state index contributed by atoms with van der Waals surface area (Å²) in [7, 11) is 5.31. The second kappa shape index (κ2) is 9.45. The summed E-state index contributed by atoms with van der Waals surface area (Å²) in [5.41, 5.74) is 3.51. The molecule has 0 spiro atoms. The zero-order valence-electron chi connectivity index (χ0n) is 18.3. The second-order valence-electron chi connectivity index (χ2n) is 7.84. The van der Waals surface area contributed by atoms with Crippen LogP contribution in [0.1, 0.15) is 34.5 Å². The SMILES string of the molecule is C=NN1C=CC=C/C1=C/C[C@H]1c2nc[nH]c2CCN1C(=O)c1nnc(-c2ccc(P)cc2P)o1. The van der Waals surface area contributed by atoms with Crippen LogP contribution in [-0.2, 0) is 6.42 Å². The van der Waals surface area contributed by atoms with Gasteiger partial charge in [-0.15, -0.1) is 28.7 Å². The van der Waals surface area contributed by atoms with Crippen LogP contribution in [0.2, 0.25) is 0 Å². The number of nitrogens with zero attached hydrogens (tertiary/aromatic N) is 6. The van der Waals surface area contributed by atoms with Crippen LogP contribution in [0, 0.1) is 0 Å². The number of allylic oxidation sites excluding steroid dienone is 3.